The molecule has 5 heteroatoms. The number of halogens is 2. The van der Waals surface area contributed by atoms with E-state index in [1.807, 2.05) is 0 Å². The summed E-state index contributed by atoms with van der Waals surface area (Å²) in [7, 11) is 0. The summed E-state index contributed by atoms with van der Waals surface area (Å²) in [5.41, 5.74) is 2.86. The van der Waals surface area contributed by atoms with Gasteiger partial charge in [-0.05, 0) is 60.1 Å². The summed E-state index contributed by atoms with van der Waals surface area (Å²) in [4.78, 5) is 13.4. The molecule has 176 valence electrons. The van der Waals surface area contributed by atoms with Crippen molar-refractivity contribution in [3.8, 4) is 5.75 Å². The molecule has 1 aliphatic heterocycles. The van der Waals surface area contributed by atoms with E-state index in [1.165, 1.54) is 12.5 Å². The van der Waals surface area contributed by atoms with Crippen molar-refractivity contribution in [3.63, 3.8) is 0 Å². The van der Waals surface area contributed by atoms with Gasteiger partial charge in [0.2, 0.25) is 0 Å². The van der Waals surface area contributed by atoms with Gasteiger partial charge in [0.05, 0.1) is 0 Å². The fraction of sp³-hybridized carbons (Fsp3) is 0.536. The molecule has 0 bridgehead atoms. The minimum absolute atomic E-state index is 0.0143. The quantitative estimate of drug-likeness (QED) is 0.528. The lowest BCUT2D eigenvalue weighted by Crippen LogP contribution is -2.36. The Morgan fingerprint density at radius 3 is 2.30 bits per heavy atom. The number of fused-ring (bicyclic) bond motifs is 1. The van der Waals surface area contributed by atoms with Crippen molar-refractivity contribution in [3.05, 3.63) is 59.2 Å². The second-order valence-electron chi connectivity index (χ2n) is 10.3. The van der Waals surface area contributed by atoms with Crippen molar-refractivity contribution in [1.29, 1.82) is 0 Å². The van der Waals surface area contributed by atoms with Crippen LogP contribution in [-0.4, -0.2) is 24.5 Å². The van der Waals surface area contributed by atoms with Gasteiger partial charge in [-0.25, -0.2) is 8.78 Å². The number of phenolic OH excluding ortho intramolecular Hbond substituents is 1. The fourth-order valence-corrected chi connectivity index (χ4v) is 6.50. The Balaban J connectivity index is 1.48. The van der Waals surface area contributed by atoms with Gasteiger partial charge < -0.3 is 14.8 Å². The third-order valence-corrected chi connectivity index (χ3v) is 8.29. The Labute approximate surface area is 194 Å². The van der Waals surface area contributed by atoms with Crippen LogP contribution in [0, 0.1) is 17.8 Å². The monoisotopic (exact) mass is 453 g/mol. The maximum absolute atomic E-state index is 15.3. The van der Waals surface area contributed by atoms with E-state index in [0.717, 1.165) is 69.2 Å². The van der Waals surface area contributed by atoms with Crippen LogP contribution in [0.4, 0.5) is 14.5 Å². The summed E-state index contributed by atoms with van der Waals surface area (Å²) in [6.45, 7) is 1.73. The number of nitrogens with zero attached hydrogens (tertiary/aromatic N) is 1. The number of phenols is 1. The van der Waals surface area contributed by atoms with Crippen LogP contribution in [-0.2, 0) is 10.7 Å². The molecular formula is C28H33F2NO2. The lowest BCUT2D eigenvalue weighted by Gasteiger charge is -2.43. The Morgan fingerprint density at radius 1 is 0.939 bits per heavy atom. The molecule has 0 amide bonds. The highest BCUT2D eigenvalue weighted by Crippen LogP contribution is 2.55. The highest BCUT2D eigenvalue weighted by atomic mass is 19.3. The first-order valence-electron chi connectivity index (χ1n) is 12.5. The lowest BCUT2D eigenvalue weighted by molar-refractivity contribution is -0.111. The van der Waals surface area contributed by atoms with Gasteiger partial charge in [-0.1, -0.05) is 50.3 Å². The SMILES string of the molecule is O=CC1CCN(c2ccc([C@@H]3c4ccc(O)cc4C(F)(F)C[C@@H]3C3CCCCC3)cc2)CC1. The van der Waals surface area contributed by atoms with Crippen molar-refractivity contribution < 1.29 is 18.7 Å². The molecule has 1 saturated carbocycles. The molecule has 2 fully saturated rings. The second-order valence-corrected chi connectivity index (χ2v) is 10.3. The van der Waals surface area contributed by atoms with Crippen LogP contribution in [0.2, 0.25) is 0 Å². The number of benzene rings is 2. The van der Waals surface area contributed by atoms with Crippen molar-refractivity contribution >= 4 is 12.0 Å². The molecule has 0 unspecified atom stereocenters. The number of alkyl halides is 2. The predicted molar refractivity (Wildman–Crippen MR) is 126 cm³/mol. The molecule has 2 aliphatic carbocycles. The van der Waals surface area contributed by atoms with Crippen molar-refractivity contribution in [2.45, 2.75) is 63.2 Å². The predicted octanol–water partition coefficient (Wildman–Crippen LogP) is 6.63. The normalized spacial score (nSPS) is 26.1. The van der Waals surface area contributed by atoms with Crippen LogP contribution in [0.3, 0.4) is 0 Å². The standard InChI is InChI=1S/C28H33F2NO2/c29-28(30)17-25(20-4-2-1-3-5-20)27(24-11-10-23(33)16-26(24)28)21-6-8-22(9-7-21)31-14-12-19(18-32)13-15-31/h6-11,16,18-20,25,27,33H,1-5,12-15,17H2/t25-,27-/m1/s1. The number of piperidine rings is 1. The molecule has 3 aliphatic rings. The number of carbonyl (C=O) groups excluding carboxylic acids is 1. The molecule has 2 aromatic rings. The van der Waals surface area contributed by atoms with E-state index in [4.69, 9.17) is 0 Å². The first-order valence-corrected chi connectivity index (χ1v) is 12.5. The zero-order valence-corrected chi connectivity index (χ0v) is 19.1. The smallest absolute Gasteiger partial charge is 0.274 e. The van der Waals surface area contributed by atoms with E-state index >= 15 is 8.78 Å². The second kappa shape index (κ2) is 9.08. The van der Waals surface area contributed by atoms with Crippen molar-refractivity contribution in [2.75, 3.05) is 18.0 Å². The molecular weight excluding hydrogens is 420 g/mol. The summed E-state index contributed by atoms with van der Waals surface area (Å²) >= 11 is 0. The van der Waals surface area contributed by atoms with Crippen LogP contribution in [0.1, 0.15) is 74.0 Å². The maximum atomic E-state index is 15.3. The maximum Gasteiger partial charge on any atom is 0.274 e. The fourth-order valence-electron chi connectivity index (χ4n) is 6.50. The molecule has 3 nitrogen and oxygen atoms in total. The number of anilines is 1. The van der Waals surface area contributed by atoms with Gasteiger partial charge in [0.25, 0.3) is 5.92 Å². The van der Waals surface area contributed by atoms with Crippen LogP contribution in [0.5, 0.6) is 5.75 Å². The number of rotatable bonds is 4. The van der Waals surface area contributed by atoms with E-state index < -0.39 is 5.92 Å². The average molecular weight is 454 g/mol. The largest absolute Gasteiger partial charge is 0.508 e. The number of aldehydes is 1. The molecule has 2 atom stereocenters. The number of hydrogen-bond acceptors (Lipinski definition) is 3. The van der Waals surface area contributed by atoms with E-state index in [1.54, 1.807) is 12.1 Å². The molecule has 1 N–H and O–H groups in total. The highest BCUT2D eigenvalue weighted by Gasteiger charge is 2.48. The van der Waals surface area contributed by atoms with Crippen molar-refractivity contribution in [1.82, 2.24) is 0 Å². The van der Waals surface area contributed by atoms with Crippen molar-refractivity contribution in [2.24, 2.45) is 17.8 Å². The first-order chi connectivity index (χ1) is 16.0. The van der Waals surface area contributed by atoms with Crippen LogP contribution in [0.25, 0.3) is 0 Å². The average Bonchev–Trinajstić information content (AvgIpc) is 2.85. The minimum Gasteiger partial charge on any atom is -0.508 e. The van der Waals surface area contributed by atoms with Gasteiger partial charge in [-0.3, -0.25) is 0 Å². The van der Waals surface area contributed by atoms with E-state index in [-0.39, 0.29) is 35.5 Å². The third kappa shape index (κ3) is 4.39. The van der Waals surface area contributed by atoms with Gasteiger partial charge in [-0.15, -0.1) is 0 Å². The van der Waals surface area contributed by atoms with Crippen LogP contribution >= 0.6 is 0 Å². The molecule has 5 rings (SSSR count). The lowest BCUT2D eigenvalue weighted by atomic mass is 9.63. The molecule has 33 heavy (non-hydrogen) atoms. The summed E-state index contributed by atoms with van der Waals surface area (Å²) in [6, 6.07) is 13.0. The summed E-state index contributed by atoms with van der Waals surface area (Å²) in [5.74, 6) is -2.75. The molecule has 1 saturated heterocycles. The van der Waals surface area contributed by atoms with Gasteiger partial charge in [-0.2, -0.15) is 0 Å². The Morgan fingerprint density at radius 2 is 1.64 bits per heavy atom. The number of carbonyl (C=O) groups is 1. The van der Waals surface area contributed by atoms with E-state index in [2.05, 4.69) is 29.2 Å². The van der Waals surface area contributed by atoms with Crippen LogP contribution < -0.4 is 4.90 Å². The highest BCUT2D eigenvalue weighted by molar-refractivity contribution is 5.56. The number of aromatic hydroxyl groups is 1. The van der Waals surface area contributed by atoms with Gasteiger partial charge in [0.1, 0.15) is 12.0 Å². The molecule has 1 heterocycles. The summed E-state index contributed by atoms with van der Waals surface area (Å²) in [6.07, 6.45) is 8.16. The van der Waals surface area contributed by atoms with E-state index in [0.29, 0.717) is 11.5 Å². The number of hydrogen-bond donors (Lipinski definition) is 1. The Hall–Kier alpha value is -2.43. The molecule has 0 spiro atoms. The first kappa shape index (κ1) is 22.4. The van der Waals surface area contributed by atoms with Gasteiger partial charge in [0, 0.05) is 42.6 Å². The molecule has 0 radical (unpaired) electrons. The Kier molecular flexibility index (Phi) is 6.15. The zero-order chi connectivity index (χ0) is 23.0. The zero-order valence-electron chi connectivity index (χ0n) is 19.1. The topological polar surface area (TPSA) is 40.5 Å². The Bertz CT molecular complexity index is 976. The summed E-state index contributed by atoms with van der Waals surface area (Å²) < 4.78 is 30.6. The van der Waals surface area contributed by atoms with Crippen LogP contribution in [0.15, 0.2) is 42.5 Å². The third-order valence-electron chi connectivity index (χ3n) is 8.29. The minimum atomic E-state index is -2.92. The molecule has 0 aromatic heterocycles. The van der Waals surface area contributed by atoms with Gasteiger partial charge >= 0.3 is 0 Å². The summed E-state index contributed by atoms with van der Waals surface area (Å²) in [5, 5.41) is 9.95. The van der Waals surface area contributed by atoms with E-state index in [9.17, 15) is 9.90 Å². The molecule has 2 aromatic carbocycles. The van der Waals surface area contributed by atoms with Gasteiger partial charge in [0.15, 0.2) is 0 Å².